The van der Waals surface area contributed by atoms with Crippen LogP contribution in [0.15, 0.2) is 36.7 Å². The van der Waals surface area contributed by atoms with Gasteiger partial charge in [0.2, 0.25) is 0 Å². The van der Waals surface area contributed by atoms with Crippen molar-refractivity contribution in [2.75, 3.05) is 38.2 Å². The van der Waals surface area contributed by atoms with Gasteiger partial charge in [-0.1, -0.05) is 18.2 Å². The summed E-state index contributed by atoms with van der Waals surface area (Å²) in [6, 6.07) is 8.04. The van der Waals surface area contributed by atoms with E-state index in [9.17, 15) is 4.79 Å². The lowest BCUT2D eigenvalue weighted by molar-refractivity contribution is -0.138. The van der Waals surface area contributed by atoms with Gasteiger partial charge in [0.25, 0.3) is 5.91 Å². The first kappa shape index (κ1) is 16.7. The molecule has 26 heavy (non-hydrogen) atoms. The van der Waals surface area contributed by atoms with Gasteiger partial charge in [0.1, 0.15) is 5.75 Å². The topological polar surface area (TPSA) is 54.9 Å². The molecule has 1 aromatic heterocycles. The summed E-state index contributed by atoms with van der Waals surface area (Å²) in [6.45, 7) is 4.92. The lowest BCUT2D eigenvalue weighted by atomic mass is 10.1. The highest BCUT2D eigenvalue weighted by Gasteiger charge is 2.34. The highest BCUT2D eigenvalue weighted by atomic mass is 16.5. The zero-order valence-electron chi connectivity index (χ0n) is 15.1. The summed E-state index contributed by atoms with van der Waals surface area (Å²) in [5, 5.41) is 0. The molecule has 1 unspecified atom stereocenters. The number of benzene rings is 1. The monoisotopic (exact) mass is 353 g/mol. The number of methoxy groups -OCH3 is 1. The number of amides is 1. The summed E-state index contributed by atoms with van der Waals surface area (Å²) in [5.74, 6) is 1.73. The van der Waals surface area contributed by atoms with E-state index >= 15 is 0 Å². The number of pyridine rings is 1. The van der Waals surface area contributed by atoms with Crippen LogP contribution in [0.5, 0.6) is 11.5 Å². The number of rotatable bonds is 3. The number of carbonyl (C=O) groups is 1. The van der Waals surface area contributed by atoms with Crippen molar-refractivity contribution in [2.24, 2.45) is 0 Å². The van der Waals surface area contributed by atoms with Crippen molar-refractivity contribution >= 4 is 11.6 Å². The largest absolute Gasteiger partial charge is 0.493 e. The fraction of sp³-hybridized carbons (Fsp3) is 0.400. The van der Waals surface area contributed by atoms with Gasteiger partial charge in [0, 0.05) is 38.8 Å². The highest BCUT2D eigenvalue weighted by molar-refractivity contribution is 5.83. The van der Waals surface area contributed by atoms with Crippen LogP contribution in [-0.2, 0) is 11.2 Å². The summed E-state index contributed by atoms with van der Waals surface area (Å²) in [6.07, 6.45) is 3.75. The maximum atomic E-state index is 12.9. The van der Waals surface area contributed by atoms with Gasteiger partial charge in [-0.3, -0.25) is 9.78 Å². The Morgan fingerprint density at radius 2 is 2.04 bits per heavy atom. The highest BCUT2D eigenvalue weighted by Crippen LogP contribution is 2.33. The SMILES string of the molecule is COc1cnccc1N1CCN(C(=O)C2Cc3cccc(C)c3O2)CC1. The fourth-order valence-electron chi connectivity index (χ4n) is 3.73. The van der Waals surface area contributed by atoms with Crippen LogP contribution in [0.1, 0.15) is 11.1 Å². The van der Waals surface area contributed by atoms with E-state index in [0.29, 0.717) is 19.5 Å². The number of fused-ring (bicyclic) bond motifs is 1. The Morgan fingerprint density at radius 1 is 1.23 bits per heavy atom. The van der Waals surface area contributed by atoms with E-state index in [4.69, 9.17) is 9.47 Å². The molecule has 0 saturated carbocycles. The molecule has 3 heterocycles. The lowest BCUT2D eigenvalue weighted by Crippen LogP contribution is -2.52. The smallest absolute Gasteiger partial charge is 0.264 e. The third kappa shape index (κ3) is 2.96. The number of hydrogen-bond acceptors (Lipinski definition) is 5. The summed E-state index contributed by atoms with van der Waals surface area (Å²) in [4.78, 5) is 21.1. The third-order valence-corrected chi connectivity index (χ3v) is 5.15. The number of anilines is 1. The van der Waals surface area contributed by atoms with Gasteiger partial charge in [0.05, 0.1) is 19.0 Å². The molecule has 6 nitrogen and oxygen atoms in total. The van der Waals surface area contributed by atoms with Crippen molar-refractivity contribution in [1.29, 1.82) is 0 Å². The molecule has 4 rings (SSSR count). The molecule has 0 spiro atoms. The molecule has 1 aromatic carbocycles. The molecule has 6 heteroatoms. The Labute approximate surface area is 153 Å². The molecule has 1 saturated heterocycles. The van der Waals surface area contributed by atoms with Crippen LogP contribution in [0.2, 0.25) is 0 Å². The van der Waals surface area contributed by atoms with E-state index in [-0.39, 0.29) is 5.91 Å². The molecule has 2 aromatic rings. The number of aromatic nitrogens is 1. The quantitative estimate of drug-likeness (QED) is 0.845. The molecule has 1 amide bonds. The minimum atomic E-state index is -0.395. The second kappa shape index (κ2) is 6.86. The Balaban J connectivity index is 1.40. The number of para-hydroxylation sites is 1. The number of aryl methyl sites for hydroxylation is 1. The zero-order valence-corrected chi connectivity index (χ0v) is 15.1. The first-order valence-electron chi connectivity index (χ1n) is 8.94. The Bertz CT molecular complexity index is 816. The second-order valence-electron chi connectivity index (χ2n) is 6.73. The molecule has 0 radical (unpaired) electrons. The third-order valence-electron chi connectivity index (χ3n) is 5.15. The Kier molecular flexibility index (Phi) is 4.41. The van der Waals surface area contributed by atoms with Gasteiger partial charge in [-0.2, -0.15) is 0 Å². The van der Waals surface area contributed by atoms with E-state index < -0.39 is 6.10 Å². The molecule has 2 aliphatic heterocycles. The van der Waals surface area contributed by atoms with Crippen molar-refractivity contribution in [3.8, 4) is 11.5 Å². The summed E-state index contributed by atoms with van der Waals surface area (Å²) >= 11 is 0. The van der Waals surface area contributed by atoms with Gasteiger partial charge >= 0.3 is 0 Å². The first-order chi connectivity index (χ1) is 12.7. The first-order valence-corrected chi connectivity index (χ1v) is 8.94. The van der Waals surface area contributed by atoms with E-state index in [0.717, 1.165) is 41.4 Å². The Hall–Kier alpha value is -2.76. The second-order valence-corrected chi connectivity index (χ2v) is 6.73. The average molecular weight is 353 g/mol. The number of hydrogen-bond donors (Lipinski definition) is 0. The number of carbonyl (C=O) groups excluding carboxylic acids is 1. The van der Waals surface area contributed by atoms with E-state index in [1.807, 2.05) is 36.1 Å². The van der Waals surface area contributed by atoms with Crippen molar-refractivity contribution in [3.05, 3.63) is 47.8 Å². The maximum absolute atomic E-state index is 12.9. The fourth-order valence-corrected chi connectivity index (χ4v) is 3.73. The van der Waals surface area contributed by atoms with Gasteiger partial charge in [-0.15, -0.1) is 0 Å². The van der Waals surface area contributed by atoms with Crippen LogP contribution in [0.4, 0.5) is 5.69 Å². The van der Waals surface area contributed by atoms with Crippen LogP contribution in [0.3, 0.4) is 0 Å². The van der Waals surface area contributed by atoms with Crippen LogP contribution in [-0.4, -0.2) is 55.2 Å². The Morgan fingerprint density at radius 3 is 2.77 bits per heavy atom. The predicted octanol–water partition coefficient (Wildman–Crippen LogP) is 2.05. The molecule has 136 valence electrons. The van der Waals surface area contributed by atoms with Gasteiger partial charge in [-0.05, 0) is 24.1 Å². The van der Waals surface area contributed by atoms with Gasteiger partial charge in [0.15, 0.2) is 11.9 Å². The molecule has 2 aliphatic rings. The standard InChI is InChI=1S/C20H23N3O3/c1-14-4-3-5-15-12-17(26-19(14)15)20(24)23-10-8-22(9-11-23)16-6-7-21-13-18(16)25-2/h3-7,13,17H,8-12H2,1-2H3. The van der Waals surface area contributed by atoms with Crippen LogP contribution >= 0.6 is 0 Å². The zero-order chi connectivity index (χ0) is 18.1. The summed E-state index contributed by atoms with van der Waals surface area (Å²) < 4.78 is 11.4. The molecular formula is C20H23N3O3. The number of piperazine rings is 1. The van der Waals surface area contributed by atoms with E-state index in [2.05, 4.69) is 9.88 Å². The summed E-state index contributed by atoms with van der Waals surface area (Å²) in [7, 11) is 1.65. The number of nitrogens with zero attached hydrogens (tertiary/aromatic N) is 3. The molecule has 0 N–H and O–H groups in total. The van der Waals surface area contributed by atoms with Crippen LogP contribution in [0, 0.1) is 6.92 Å². The normalized spacial score (nSPS) is 19.1. The molecular weight excluding hydrogens is 330 g/mol. The van der Waals surface area contributed by atoms with Crippen molar-refractivity contribution in [1.82, 2.24) is 9.88 Å². The molecule has 1 fully saturated rings. The lowest BCUT2D eigenvalue weighted by Gasteiger charge is -2.37. The van der Waals surface area contributed by atoms with Crippen molar-refractivity contribution < 1.29 is 14.3 Å². The van der Waals surface area contributed by atoms with Crippen LogP contribution < -0.4 is 14.4 Å². The molecule has 0 bridgehead atoms. The van der Waals surface area contributed by atoms with Crippen molar-refractivity contribution in [2.45, 2.75) is 19.4 Å². The predicted molar refractivity (Wildman–Crippen MR) is 98.9 cm³/mol. The van der Waals surface area contributed by atoms with Crippen LogP contribution in [0.25, 0.3) is 0 Å². The van der Waals surface area contributed by atoms with Gasteiger partial charge in [-0.25, -0.2) is 0 Å². The average Bonchev–Trinajstić information content (AvgIpc) is 3.13. The van der Waals surface area contributed by atoms with Crippen molar-refractivity contribution in [3.63, 3.8) is 0 Å². The summed E-state index contributed by atoms with van der Waals surface area (Å²) in [5.41, 5.74) is 3.24. The van der Waals surface area contributed by atoms with E-state index in [1.165, 1.54) is 0 Å². The molecule has 1 atom stereocenters. The number of ether oxygens (including phenoxy) is 2. The van der Waals surface area contributed by atoms with E-state index in [1.54, 1.807) is 19.5 Å². The minimum Gasteiger partial charge on any atom is -0.493 e. The van der Waals surface area contributed by atoms with Gasteiger partial charge < -0.3 is 19.3 Å². The molecule has 0 aliphatic carbocycles. The minimum absolute atomic E-state index is 0.0851. The maximum Gasteiger partial charge on any atom is 0.264 e.